The molecule has 0 amide bonds. The van der Waals surface area contributed by atoms with Crippen molar-refractivity contribution in [3.8, 4) is 5.75 Å². The van der Waals surface area contributed by atoms with Crippen molar-refractivity contribution in [3.63, 3.8) is 0 Å². The number of rotatable bonds is 2. The molecular formula is C14H21NO2. The Labute approximate surface area is 103 Å². The number of benzene rings is 1. The third-order valence-electron chi connectivity index (χ3n) is 3.51. The largest absolute Gasteiger partial charge is 0.493 e. The van der Waals surface area contributed by atoms with E-state index in [4.69, 9.17) is 9.15 Å². The molecule has 1 unspecified atom stereocenters. The third-order valence-corrected chi connectivity index (χ3v) is 3.51. The van der Waals surface area contributed by atoms with Gasteiger partial charge in [0.15, 0.2) is 11.3 Å². The number of fused-ring (bicyclic) bond motifs is 2. The minimum Gasteiger partial charge on any atom is -0.493 e. The van der Waals surface area contributed by atoms with E-state index >= 15 is 0 Å². The minimum absolute atomic E-state index is 0.826. The fourth-order valence-electron chi connectivity index (χ4n) is 2.42. The van der Waals surface area contributed by atoms with E-state index in [1.165, 1.54) is 25.8 Å². The average Bonchev–Trinajstić information content (AvgIpc) is 3.04. The lowest BCUT2D eigenvalue weighted by Gasteiger charge is -2.16. The Morgan fingerprint density at radius 1 is 1.47 bits per heavy atom. The van der Waals surface area contributed by atoms with E-state index in [9.17, 15) is 0 Å². The van der Waals surface area contributed by atoms with Crippen LogP contribution in [0.2, 0.25) is 0 Å². The second-order valence-corrected chi connectivity index (χ2v) is 4.60. The standard InChI is InChI=1S/C7H15N.C7H6O2/c1-3-7-5-4-6-8(7)2;1-8-7-4-5-2-3-6(7)9-5/h7H,3-6H2,1-2H3;2-4H,1H3. The molecule has 2 aromatic rings. The van der Waals surface area contributed by atoms with Gasteiger partial charge in [-0.15, -0.1) is 0 Å². The van der Waals surface area contributed by atoms with Gasteiger partial charge < -0.3 is 14.1 Å². The number of hydrogen-bond donors (Lipinski definition) is 0. The van der Waals surface area contributed by atoms with Crippen LogP contribution in [0.15, 0.2) is 22.6 Å². The van der Waals surface area contributed by atoms with E-state index in [1.807, 2.05) is 18.2 Å². The maximum atomic E-state index is 5.18. The summed E-state index contributed by atoms with van der Waals surface area (Å²) in [5.74, 6) is 0.826. The van der Waals surface area contributed by atoms with Crippen molar-refractivity contribution in [2.45, 2.75) is 32.2 Å². The molecule has 1 saturated heterocycles. The maximum absolute atomic E-state index is 5.18. The molecule has 3 heteroatoms. The predicted molar refractivity (Wildman–Crippen MR) is 69.9 cm³/mol. The van der Waals surface area contributed by atoms with Gasteiger partial charge in [-0.1, -0.05) is 6.92 Å². The highest BCUT2D eigenvalue weighted by Gasteiger charge is 2.17. The van der Waals surface area contributed by atoms with Crippen LogP contribution in [0.3, 0.4) is 0 Å². The summed E-state index contributed by atoms with van der Waals surface area (Å²) in [6, 6.07) is 6.58. The lowest BCUT2D eigenvalue weighted by atomic mass is 10.2. The molecule has 17 heavy (non-hydrogen) atoms. The Hall–Kier alpha value is -1.22. The fraction of sp³-hybridized carbons (Fsp3) is 0.571. The third kappa shape index (κ3) is 2.72. The average molecular weight is 235 g/mol. The van der Waals surface area contributed by atoms with Crippen LogP contribution < -0.4 is 4.74 Å². The number of furan rings is 2. The van der Waals surface area contributed by atoms with Gasteiger partial charge in [0.1, 0.15) is 5.58 Å². The second-order valence-electron chi connectivity index (χ2n) is 4.60. The van der Waals surface area contributed by atoms with Crippen LogP contribution in [0.1, 0.15) is 26.2 Å². The van der Waals surface area contributed by atoms with Gasteiger partial charge in [0.05, 0.1) is 7.11 Å². The van der Waals surface area contributed by atoms with E-state index < -0.39 is 0 Å². The Bertz CT molecular complexity index is 437. The summed E-state index contributed by atoms with van der Waals surface area (Å²) >= 11 is 0. The zero-order chi connectivity index (χ0) is 12.3. The van der Waals surface area contributed by atoms with E-state index in [0.717, 1.165) is 23.0 Å². The first-order valence-electron chi connectivity index (χ1n) is 6.30. The molecular weight excluding hydrogens is 214 g/mol. The zero-order valence-corrected chi connectivity index (χ0v) is 10.9. The number of methoxy groups -OCH3 is 1. The molecule has 1 aliphatic rings. The molecule has 0 radical (unpaired) electrons. The molecule has 0 aliphatic carbocycles. The molecule has 1 atom stereocenters. The summed E-state index contributed by atoms with van der Waals surface area (Å²) in [4.78, 5) is 2.46. The number of likely N-dealkylation sites (tertiary alicyclic amines) is 1. The molecule has 94 valence electrons. The van der Waals surface area contributed by atoms with Crippen LogP contribution in [-0.4, -0.2) is 31.6 Å². The van der Waals surface area contributed by atoms with Crippen molar-refractivity contribution in [2.24, 2.45) is 0 Å². The van der Waals surface area contributed by atoms with Crippen LogP contribution in [0, 0.1) is 0 Å². The van der Waals surface area contributed by atoms with Crippen molar-refractivity contribution in [1.29, 1.82) is 0 Å². The molecule has 3 heterocycles. The summed E-state index contributed by atoms with van der Waals surface area (Å²) in [5.41, 5.74) is 1.70. The Morgan fingerprint density at radius 3 is 2.59 bits per heavy atom. The van der Waals surface area contributed by atoms with Crippen molar-refractivity contribution in [1.82, 2.24) is 4.90 Å². The van der Waals surface area contributed by atoms with Gasteiger partial charge >= 0.3 is 0 Å². The summed E-state index contributed by atoms with van der Waals surface area (Å²) in [6.07, 6.45) is 4.17. The van der Waals surface area contributed by atoms with Crippen LogP contribution in [0.25, 0.3) is 11.2 Å². The van der Waals surface area contributed by atoms with Crippen molar-refractivity contribution in [2.75, 3.05) is 20.7 Å². The molecule has 3 rings (SSSR count). The molecule has 1 aliphatic heterocycles. The quantitative estimate of drug-likeness (QED) is 0.798. The summed E-state index contributed by atoms with van der Waals surface area (Å²) in [7, 11) is 3.86. The van der Waals surface area contributed by atoms with Gasteiger partial charge in [-0.05, 0) is 45.0 Å². The molecule has 0 N–H and O–H groups in total. The Morgan fingerprint density at radius 2 is 2.29 bits per heavy atom. The van der Waals surface area contributed by atoms with E-state index in [0.29, 0.717) is 0 Å². The SMILES string of the molecule is CCC1CCCN1C.COc1cc2ccc1o2. The van der Waals surface area contributed by atoms with Gasteiger partial charge in [-0.2, -0.15) is 0 Å². The second kappa shape index (κ2) is 5.41. The normalized spacial score (nSPS) is 20.5. The van der Waals surface area contributed by atoms with Gasteiger partial charge in [0, 0.05) is 12.1 Å². The minimum atomic E-state index is 0.826. The lowest BCUT2D eigenvalue weighted by Crippen LogP contribution is -2.23. The fourth-order valence-corrected chi connectivity index (χ4v) is 2.42. The maximum Gasteiger partial charge on any atom is 0.169 e. The first-order chi connectivity index (χ1) is 8.24. The highest BCUT2D eigenvalue weighted by atomic mass is 16.5. The topological polar surface area (TPSA) is 25.6 Å². The van der Waals surface area contributed by atoms with E-state index in [1.54, 1.807) is 7.11 Å². The molecule has 0 spiro atoms. The molecule has 3 nitrogen and oxygen atoms in total. The van der Waals surface area contributed by atoms with Crippen LogP contribution in [-0.2, 0) is 0 Å². The summed E-state index contributed by atoms with van der Waals surface area (Å²) < 4.78 is 10.2. The van der Waals surface area contributed by atoms with E-state index in [2.05, 4.69) is 18.9 Å². The number of nitrogens with zero attached hydrogens (tertiary/aromatic N) is 1. The highest BCUT2D eigenvalue weighted by Crippen LogP contribution is 2.27. The zero-order valence-electron chi connectivity index (χ0n) is 10.9. The Balaban J connectivity index is 0.000000128. The number of ether oxygens (including phenoxy) is 1. The lowest BCUT2D eigenvalue weighted by molar-refractivity contribution is 0.304. The Kier molecular flexibility index (Phi) is 3.89. The first kappa shape index (κ1) is 12.2. The highest BCUT2D eigenvalue weighted by molar-refractivity contribution is 5.69. The van der Waals surface area contributed by atoms with Gasteiger partial charge in [0.2, 0.25) is 0 Å². The molecule has 1 fully saturated rings. The molecule has 2 aromatic heterocycles. The monoisotopic (exact) mass is 235 g/mol. The molecule has 2 bridgehead atoms. The van der Waals surface area contributed by atoms with Gasteiger partial charge in [-0.25, -0.2) is 0 Å². The van der Waals surface area contributed by atoms with Crippen molar-refractivity contribution in [3.05, 3.63) is 18.2 Å². The van der Waals surface area contributed by atoms with Gasteiger partial charge in [-0.3, -0.25) is 0 Å². The molecule has 0 aromatic carbocycles. The van der Waals surface area contributed by atoms with Crippen LogP contribution in [0.5, 0.6) is 5.75 Å². The molecule has 0 saturated carbocycles. The van der Waals surface area contributed by atoms with Crippen molar-refractivity contribution >= 4 is 11.2 Å². The van der Waals surface area contributed by atoms with Crippen molar-refractivity contribution < 1.29 is 9.15 Å². The predicted octanol–water partition coefficient (Wildman–Crippen LogP) is 3.37. The summed E-state index contributed by atoms with van der Waals surface area (Å²) in [5, 5.41) is 0. The first-order valence-corrected chi connectivity index (χ1v) is 6.30. The summed E-state index contributed by atoms with van der Waals surface area (Å²) in [6.45, 7) is 3.59. The smallest absolute Gasteiger partial charge is 0.169 e. The van der Waals surface area contributed by atoms with Gasteiger partial charge in [0.25, 0.3) is 0 Å². The number of hydrogen-bond acceptors (Lipinski definition) is 3. The van der Waals surface area contributed by atoms with Crippen LogP contribution >= 0.6 is 0 Å². The van der Waals surface area contributed by atoms with Crippen LogP contribution in [0.4, 0.5) is 0 Å². The van der Waals surface area contributed by atoms with E-state index in [-0.39, 0.29) is 0 Å².